The maximum atomic E-state index is 13.2. The maximum Gasteiger partial charge on any atom is 0.573 e. The molecule has 13 heteroatoms. The van der Waals surface area contributed by atoms with Gasteiger partial charge in [0.25, 0.3) is 0 Å². The van der Waals surface area contributed by atoms with Crippen molar-refractivity contribution >= 4 is 21.6 Å². The Hall–Kier alpha value is -2.77. The lowest BCUT2D eigenvalue weighted by atomic mass is 10.3. The highest BCUT2D eigenvalue weighted by molar-refractivity contribution is 7.89. The van der Waals surface area contributed by atoms with Gasteiger partial charge in [0.1, 0.15) is 17.4 Å². The van der Waals surface area contributed by atoms with E-state index in [9.17, 15) is 35.2 Å². The van der Waals surface area contributed by atoms with Crippen molar-refractivity contribution in [3.05, 3.63) is 54.1 Å². The first-order valence-electron chi connectivity index (χ1n) is 9.27. The second-order valence-corrected chi connectivity index (χ2v) is 8.84. The number of nitrogens with zero attached hydrogens (tertiary/aromatic N) is 2. The van der Waals surface area contributed by atoms with Gasteiger partial charge >= 0.3 is 6.36 Å². The molecule has 0 saturated carbocycles. The van der Waals surface area contributed by atoms with E-state index in [1.807, 2.05) is 0 Å². The quantitative estimate of drug-likeness (QED) is 0.645. The zero-order valence-electron chi connectivity index (χ0n) is 16.4. The SMILES string of the molecule is O=C(CN1CCN(S(=O)(=O)c2ccc(OC(F)(F)F)cc2)CC1)Nc1cc(F)cc(F)c1. The van der Waals surface area contributed by atoms with Crippen molar-refractivity contribution < 1.29 is 39.9 Å². The molecule has 1 heterocycles. The molecule has 2 aromatic rings. The molecule has 0 radical (unpaired) electrons. The summed E-state index contributed by atoms with van der Waals surface area (Å²) in [5.41, 5.74) is -0.0355. The van der Waals surface area contributed by atoms with Crippen LogP contribution in [-0.4, -0.2) is 62.6 Å². The van der Waals surface area contributed by atoms with Crippen molar-refractivity contribution in [1.29, 1.82) is 0 Å². The molecule has 1 aliphatic rings. The largest absolute Gasteiger partial charge is 0.573 e. The van der Waals surface area contributed by atoms with Gasteiger partial charge in [0.2, 0.25) is 15.9 Å². The normalized spacial score (nSPS) is 16.0. The molecule has 1 saturated heterocycles. The summed E-state index contributed by atoms with van der Waals surface area (Å²) in [7, 11) is -3.95. The molecule has 1 fully saturated rings. The Morgan fingerprint density at radius 3 is 2.06 bits per heavy atom. The number of halogens is 5. The van der Waals surface area contributed by atoms with Crippen LogP contribution in [-0.2, 0) is 14.8 Å². The first kappa shape index (κ1) is 23.9. The summed E-state index contributed by atoms with van der Waals surface area (Å²) in [6.45, 7) is 0.393. The summed E-state index contributed by atoms with van der Waals surface area (Å²) < 4.78 is 93.4. The van der Waals surface area contributed by atoms with Crippen molar-refractivity contribution in [3.8, 4) is 5.75 Å². The van der Waals surface area contributed by atoms with Gasteiger partial charge in [-0.2, -0.15) is 4.31 Å². The molecule has 0 bridgehead atoms. The minimum atomic E-state index is -4.88. The third-order valence-corrected chi connectivity index (χ3v) is 6.45. The Morgan fingerprint density at radius 2 is 1.53 bits per heavy atom. The monoisotopic (exact) mass is 479 g/mol. The average molecular weight is 479 g/mol. The Kier molecular flexibility index (Phi) is 7.00. The van der Waals surface area contributed by atoms with E-state index in [4.69, 9.17) is 0 Å². The molecule has 1 N–H and O–H groups in total. The molecule has 0 spiro atoms. The molecule has 0 aromatic heterocycles. The number of anilines is 1. The minimum absolute atomic E-state index is 0.0355. The average Bonchev–Trinajstić information content (AvgIpc) is 2.66. The van der Waals surface area contributed by atoms with Crippen molar-refractivity contribution in [3.63, 3.8) is 0 Å². The number of nitrogens with one attached hydrogen (secondary N) is 1. The molecule has 0 atom stereocenters. The van der Waals surface area contributed by atoms with E-state index < -0.39 is 39.7 Å². The van der Waals surface area contributed by atoms with Gasteiger partial charge < -0.3 is 10.1 Å². The standard InChI is InChI=1S/C19H18F5N3O4S/c20-13-9-14(21)11-15(10-13)25-18(28)12-26-5-7-27(8-6-26)32(29,30)17-3-1-16(2-4-17)31-19(22,23)24/h1-4,9-11H,5-8,12H2,(H,25,28). The molecule has 2 aromatic carbocycles. The lowest BCUT2D eigenvalue weighted by Crippen LogP contribution is -2.50. The molecule has 7 nitrogen and oxygen atoms in total. The number of amides is 1. The zero-order chi connectivity index (χ0) is 23.5. The predicted octanol–water partition coefficient (Wildman–Crippen LogP) is 2.81. The molecule has 1 amide bonds. The first-order valence-corrected chi connectivity index (χ1v) is 10.7. The summed E-state index contributed by atoms with van der Waals surface area (Å²) in [5, 5.41) is 2.38. The van der Waals surface area contributed by atoms with Crippen LogP contribution in [0.2, 0.25) is 0 Å². The molecule has 3 rings (SSSR count). The number of sulfonamides is 1. The van der Waals surface area contributed by atoms with E-state index >= 15 is 0 Å². The van der Waals surface area contributed by atoms with Crippen LogP contribution >= 0.6 is 0 Å². The predicted molar refractivity (Wildman–Crippen MR) is 103 cm³/mol. The first-order chi connectivity index (χ1) is 14.9. The fourth-order valence-electron chi connectivity index (χ4n) is 3.12. The molecule has 0 aliphatic carbocycles. The van der Waals surface area contributed by atoms with Crippen LogP contribution in [0.5, 0.6) is 5.75 Å². The number of carbonyl (C=O) groups excluding carboxylic acids is 1. The van der Waals surface area contributed by atoms with E-state index in [0.29, 0.717) is 6.07 Å². The summed E-state index contributed by atoms with van der Waals surface area (Å²) in [6, 6.07) is 6.48. The fraction of sp³-hybridized carbons (Fsp3) is 0.316. The van der Waals surface area contributed by atoms with Crippen LogP contribution in [0.3, 0.4) is 0 Å². The van der Waals surface area contributed by atoms with E-state index in [0.717, 1.165) is 40.7 Å². The van der Waals surface area contributed by atoms with Crippen LogP contribution in [0.15, 0.2) is 47.4 Å². The number of hydrogen-bond acceptors (Lipinski definition) is 5. The summed E-state index contributed by atoms with van der Waals surface area (Å²) in [6.07, 6.45) is -4.88. The van der Waals surface area contributed by atoms with Gasteiger partial charge in [0.15, 0.2) is 0 Å². The van der Waals surface area contributed by atoms with Gasteiger partial charge in [-0.25, -0.2) is 17.2 Å². The molecular weight excluding hydrogens is 461 g/mol. The van der Waals surface area contributed by atoms with Crippen LogP contribution in [0.4, 0.5) is 27.6 Å². The maximum absolute atomic E-state index is 13.2. The number of benzene rings is 2. The van der Waals surface area contributed by atoms with Crippen LogP contribution in [0.25, 0.3) is 0 Å². The summed E-state index contributed by atoms with van der Waals surface area (Å²) in [5.74, 6) is -2.73. The molecule has 0 unspecified atom stereocenters. The van der Waals surface area contributed by atoms with Gasteiger partial charge in [0.05, 0.1) is 11.4 Å². The van der Waals surface area contributed by atoms with Gasteiger partial charge in [-0.15, -0.1) is 13.2 Å². The van der Waals surface area contributed by atoms with Gasteiger partial charge in [-0.05, 0) is 36.4 Å². The number of hydrogen-bond donors (Lipinski definition) is 1. The minimum Gasteiger partial charge on any atom is -0.406 e. The number of rotatable bonds is 6. The highest BCUT2D eigenvalue weighted by atomic mass is 32.2. The van der Waals surface area contributed by atoms with Gasteiger partial charge in [-0.3, -0.25) is 9.69 Å². The summed E-state index contributed by atoms with van der Waals surface area (Å²) >= 11 is 0. The molecule has 1 aliphatic heterocycles. The fourth-order valence-corrected chi connectivity index (χ4v) is 4.54. The lowest BCUT2D eigenvalue weighted by Gasteiger charge is -2.33. The van der Waals surface area contributed by atoms with E-state index in [1.165, 1.54) is 0 Å². The smallest absolute Gasteiger partial charge is 0.406 e. The van der Waals surface area contributed by atoms with E-state index in [2.05, 4.69) is 10.1 Å². The Labute approximate surface area is 180 Å². The van der Waals surface area contributed by atoms with Crippen LogP contribution < -0.4 is 10.1 Å². The second kappa shape index (κ2) is 9.38. The van der Waals surface area contributed by atoms with Crippen LogP contribution in [0.1, 0.15) is 0 Å². The third-order valence-electron chi connectivity index (χ3n) is 4.54. The number of ether oxygens (including phenoxy) is 1. The van der Waals surface area contributed by atoms with Crippen LogP contribution in [0, 0.1) is 11.6 Å². The highest BCUT2D eigenvalue weighted by Gasteiger charge is 2.32. The highest BCUT2D eigenvalue weighted by Crippen LogP contribution is 2.25. The second-order valence-electron chi connectivity index (χ2n) is 6.91. The number of alkyl halides is 3. The van der Waals surface area contributed by atoms with Crippen molar-refractivity contribution in [2.75, 3.05) is 38.0 Å². The lowest BCUT2D eigenvalue weighted by molar-refractivity contribution is -0.274. The molecule has 174 valence electrons. The summed E-state index contributed by atoms with van der Waals surface area (Å²) in [4.78, 5) is 13.6. The van der Waals surface area contributed by atoms with Crippen molar-refractivity contribution in [2.45, 2.75) is 11.3 Å². The molecule has 32 heavy (non-hydrogen) atoms. The van der Waals surface area contributed by atoms with E-state index in [-0.39, 0.29) is 43.3 Å². The molecular formula is C19H18F5N3O4S. The Bertz CT molecular complexity index is 1050. The van der Waals surface area contributed by atoms with Crippen molar-refractivity contribution in [2.24, 2.45) is 0 Å². The topological polar surface area (TPSA) is 79.0 Å². The Balaban J connectivity index is 1.54. The number of piperazine rings is 1. The van der Waals surface area contributed by atoms with Crippen molar-refractivity contribution in [1.82, 2.24) is 9.21 Å². The Morgan fingerprint density at radius 1 is 0.969 bits per heavy atom. The number of carbonyl (C=O) groups is 1. The van der Waals surface area contributed by atoms with Gasteiger partial charge in [-0.1, -0.05) is 0 Å². The van der Waals surface area contributed by atoms with E-state index in [1.54, 1.807) is 4.90 Å². The van der Waals surface area contributed by atoms with Gasteiger partial charge in [0, 0.05) is 37.9 Å². The third kappa shape index (κ3) is 6.37. The zero-order valence-corrected chi connectivity index (χ0v) is 17.2.